The standard InChI is InChI=1S/C128H110BN3O/c1-124(2,3)96-58-63-113-108(76-96)109-77-97(125(4,5)6)59-64-114(109)130(113)101-60-62-112-116(80-101)132(121-105(90-50-33-47-86(65-90)81-37-21-16-22-38-81)70-94(84-43-27-19-28-44-84)71-106(121)91-51-34-48-87(66-91)82-39-23-17-24-40-82)118-79-100(128(13,14)15)78-117-120(118)129(112)111-61-57-89(93-68-98(126(7,8)9)75-99(69-93)127(10,11)12)74-115(111)131(117)122-107(92-52-35-49-88(67-92)83-41-25-18-26-42-83)72-95(85-45-29-20-30-46-85)73-110(122)104-55-36-54-103-102-53-31-32-56-119(102)133-123(103)104/h16-80H,1-15H3. The second kappa shape index (κ2) is 32.1. The van der Waals surface area contributed by atoms with Crippen molar-refractivity contribution in [3.05, 3.63) is 422 Å². The van der Waals surface area contributed by atoms with Crippen molar-refractivity contribution in [3.8, 4) is 117 Å². The van der Waals surface area contributed by atoms with Crippen molar-refractivity contribution < 1.29 is 4.42 Å². The Morgan fingerprint density at radius 2 is 0.556 bits per heavy atom. The Hall–Kier alpha value is -14.8. The maximum atomic E-state index is 7.46. The summed E-state index contributed by atoms with van der Waals surface area (Å²) in [6.45, 7) is 35.1. The van der Waals surface area contributed by atoms with Crippen molar-refractivity contribution in [2.45, 2.75) is 131 Å². The van der Waals surface area contributed by atoms with Crippen LogP contribution < -0.4 is 26.2 Å². The average molecular weight is 1720 g/mol. The second-order valence-corrected chi connectivity index (χ2v) is 42.1. The molecule has 20 aromatic rings. The quantitative estimate of drug-likeness (QED) is 0.108. The molecule has 2 aromatic heterocycles. The Bertz CT molecular complexity index is 7790. The molecule has 0 spiro atoms. The fraction of sp³-hybridized carbons (Fsp3) is 0.156. The lowest BCUT2D eigenvalue weighted by Crippen LogP contribution is -2.61. The summed E-state index contributed by atoms with van der Waals surface area (Å²) in [5, 5.41) is 4.61. The van der Waals surface area contributed by atoms with E-state index in [4.69, 9.17) is 4.42 Å². The first-order valence-corrected chi connectivity index (χ1v) is 47.3. The molecule has 133 heavy (non-hydrogen) atoms. The second-order valence-electron chi connectivity index (χ2n) is 42.1. The van der Waals surface area contributed by atoms with Crippen LogP contribution in [0.15, 0.2) is 399 Å². The van der Waals surface area contributed by atoms with Crippen LogP contribution in [0.25, 0.3) is 161 Å². The number of anilines is 6. The SMILES string of the molecule is CC(C)(C)c1cc(-c2ccc3c(c2)N(c2c(-c4cccc(-c5ccccc5)c4)cc(-c4ccccc4)cc2-c2cccc4c2oc2ccccc24)c2cc(C(C)(C)C)cc4c2B3c2ccc(-n3c5ccc(C(C)(C)C)cc5c5cc(C(C)(C)C)ccc53)cc2N4c2c(-c3cccc(-c4ccccc4)c3)cc(-c3ccccc3)cc2-c2cccc(-c3ccccc3)c2)cc(C(C)(C)C)c1. The van der Waals surface area contributed by atoms with E-state index in [0.717, 1.165) is 178 Å². The molecule has 2 aliphatic heterocycles. The zero-order chi connectivity index (χ0) is 91.3. The first-order valence-electron chi connectivity index (χ1n) is 47.3. The van der Waals surface area contributed by atoms with Crippen LogP contribution in [0, 0.1) is 0 Å². The summed E-state index contributed by atoms with van der Waals surface area (Å²) in [6.07, 6.45) is 0. The third kappa shape index (κ3) is 15.0. The molecule has 4 heterocycles. The van der Waals surface area contributed by atoms with E-state index in [2.05, 4.69) is 513 Å². The summed E-state index contributed by atoms with van der Waals surface area (Å²) in [7, 11) is 0. The number of hydrogen-bond acceptors (Lipinski definition) is 3. The number of furan rings is 1. The molecule has 646 valence electrons. The van der Waals surface area contributed by atoms with Crippen LogP contribution in [0.3, 0.4) is 0 Å². The molecule has 2 aliphatic rings. The largest absolute Gasteiger partial charge is 0.455 e. The zero-order valence-electron chi connectivity index (χ0n) is 78.9. The number of nitrogens with zero attached hydrogens (tertiary/aromatic N) is 3. The monoisotopic (exact) mass is 1720 g/mol. The van der Waals surface area contributed by atoms with Crippen LogP contribution in [0.2, 0.25) is 0 Å². The maximum Gasteiger partial charge on any atom is 0.252 e. The van der Waals surface area contributed by atoms with Crippen molar-refractivity contribution in [2.24, 2.45) is 0 Å². The first kappa shape index (κ1) is 83.8. The lowest BCUT2D eigenvalue weighted by Gasteiger charge is -2.46. The third-order valence-electron chi connectivity index (χ3n) is 28.1. The predicted molar refractivity (Wildman–Crippen MR) is 570 cm³/mol. The number of hydrogen-bond donors (Lipinski definition) is 0. The molecule has 0 radical (unpaired) electrons. The highest BCUT2D eigenvalue weighted by atomic mass is 16.3. The van der Waals surface area contributed by atoms with Crippen LogP contribution in [0.4, 0.5) is 34.1 Å². The van der Waals surface area contributed by atoms with Gasteiger partial charge in [0, 0.05) is 77.8 Å². The van der Waals surface area contributed by atoms with Crippen molar-refractivity contribution >= 4 is 101 Å². The number of benzene rings is 18. The van der Waals surface area contributed by atoms with Gasteiger partial charge >= 0.3 is 0 Å². The van der Waals surface area contributed by atoms with E-state index in [1.54, 1.807) is 0 Å². The first-order chi connectivity index (χ1) is 64.1. The Balaban J connectivity index is 0.941. The highest BCUT2D eigenvalue weighted by Crippen LogP contribution is 2.58. The van der Waals surface area contributed by atoms with Crippen LogP contribution in [-0.2, 0) is 27.1 Å². The van der Waals surface area contributed by atoms with Gasteiger partial charge in [-0.15, -0.1) is 0 Å². The van der Waals surface area contributed by atoms with Crippen molar-refractivity contribution in [2.75, 3.05) is 9.80 Å². The normalized spacial score (nSPS) is 12.9. The molecule has 0 bridgehead atoms. The van der Waals surface area contributed by atoms with Crippen molar-refractivity contribution in [1.82, 2.24) is 4.57 Å². The Labute approximate surface area is 784 Å². The van der Waals surface area contributed by atoms with Gasteiger partial charge < -0.3 is 18.8 Å². The summed E-state index contributed by atoms with van der Waals surface area (Å²) in [6, 6.07) is 151. The molecule has 0 saturated carbocycles. The molecule has 0 atom stereocenters. The smallest absolute Gasteiger partial charge is 0.252 e. The molecule has 0 aliphatic carbocycles. The number of aromatic nitrogens is 1. The van der Waals surface area contributed by atoms with Gasteiger partial charge in [-0.2, -0.15) is 0 Å². The van der Waals surface area contributed by atoms with Crippen molar-refractivity contribution in [3.63, 3.8) is 0 Å². The molecule has 4 nitrogen and oxygen atoms in total. The molecule has 0 amide bonds. The minimum Gasteiger partial charge on any atom is -0.455 e. The number of rotatable bonds is 13. The fourth-order valence-electron chi connectivity index (χ4n) is 20.8. The van der Waals surface area contributed by atoms with E-state index in [1.807, 2.05) is 0 Å². The maximum absolute atomic E-state index is 7.46. The van der Waals surface area contributed by atoms with E-state index in [-0.39, 0.29) is 28.4 Å². The molecule has 18 aromatic carbocycles. The Morgan fingerprint density at radius 3 is 1.00 bits per heavy atom. The average Bonchev–Trinajstić information content (AvgIpc) is 0.897. The zero-order valence-corrected chi connectivity index (χ0v) is 78.9. The summed E-state index contributed by atoms with van der Waals surface area (Å²) in [5.41, 5.74) is 42.6. The van der Waals surface area contributed by atoms with Crippen LogP contribution in [0.5, 0.6) is 0 Å². The predicted octanol–water partition coefficient (Wildman–Crippen LogP) is 33.9. The molecule has 0 saturated heterocycles. The third-order valence-corrected chi connectivity index (χ3v) is 28.1. The van der Waals surface area contributed by atoms with Gasteiger partial charge in [0.15, 0.2) is 0 Å². The van der Waals surface area contributed by atoms with E-state index in [0.29, 0.717) is 0 Å². The molecule has 22 rings (SSSR count). The van der Waals surface area contributed by atoms with Gasteiger partial charge in [0.25, 0.3) is 6.71 Å². The van der Waals surface area contributed by atoms with E-state index < -0.39 is 5.41 Å². The number of fused-ring (bicyclic) bond motifs is 10. The molecular formula is C128H110BN3O. The van der Waals surface area contributed by atoms with E-state index >= 15 is 0 Å². The molecule has 0 N–H and O–H groups in total. The van der Waals surface area contributed by atoms with Crippen LogP contribution in [-0.4, -0.2) is 11.3 Å². The number of para-hydroxylation sites is 2. The van der Waals surface area contributed by atoms with Crippen molar-refractivity contribution in [1.29, 1.82) is 0 Å². The molecule has 5 heteroatoms. The molecule has 0 fully saturated rings. The lowest BCUT2D eigenvalue weighted by atomic mass is 9.33. The topological polar surface area (TPSA) is 24.6 Å². The Kier molecular flexibility index (Phi) is 20.2. The molecular weight excluding hydrogens is 1610 g/mol. The van der Waals surface area contributed by atoms with Gasteiger partial charge in [-0.1, -0.05) is 395 Å². The minimum atomic E-state index is -0.455. The highest BCUT2D eigenvalue weighted by molar-refractivity contribution is 7.00. The van der Waals surface area contributed by atoms with E-state index in [9.17, 15) is 0 Å². The van der Waals surface area contributed by atoms with Gasteiger partial charge in [-0.05, 0) is 258 Å². The minimum absolute atomic E-state index is 0.106. The summed E-state index contributed by atoms with van der Waals surface area (Å²) in [4.78, 5) is 5.54. The van der Waals surface area contributed by atoms with Gasteiger partial charge in [-0.3, -0.25) is 0 Å². The van der Waals surface area contributed by atoms with Crippen LogP contribution in [0.1, 0.15) is 132 Å². The summed E-state index contributed by atoms with van der Waals surface area (Å²) >= 11 is 0. The van der Waals surface area contributed by atoms with Gasteiger partial charge in [-0.25, -0.2) is 0 Å². The Morgan fingerprint density at radius 1 is 0.211 bits per heavy atom. The van der Waals surface area contributed by atoms with Gasteiger partial charge in [0.2, 0.25) is 0 Å². The molecule has 0 unspecified atom stereocenters. The lowest BCUT2D eigenvalue weighted by molar-refractivity contribution is 0.569. The fourth-order valence-corrected chi connectivity index (χ4v) is 20.8. The van der Waals surface area contributed by atoms with Gasteiger partial charge in [0.1, 0.15) is 11.2 Å². The van der Waals surface area contributed by atoms with E-state index in [1.165, 1.54) is 60.5 Å². The van der Waals surface area contributed by atoms with Crippen LogP contribution >= 0.6 is 0 Å². The highest BCUT2D eigenvalue weighted by Gasteiger charge is 2.47. The summed E-state index contributed by atoms with van der Waals surface area (Å²) in [5.74, 6) is 0. The summed E-state index contributed by atoms with van der Waals surface area (Å²) < 4.78 is 10.0. The van der Waals surface area contributed by atoms with Gasteiger partial charge in [0.05, 0.1) is 22.4 Å².